The number of hydrogen-bond acceptors (Lipinski definition) is 2. The second kappa shape index (κ2) is 4.47. The highest BCUT2D eigenvalue weighted by atomic mass is 16.4. The van der Waals surface area contributed by atoms with Crippen LogP contribution in [0.5, 0.6) is 0 Å². The summed E-state index contributed by atoms with van der Waals surface area (Å²) in [5.41, 5.74) is -0.649. The van der Waals surface area contributed by atoms with Gasteiger partial charge in [-0.2, -0.15) is 0 Å². The van der Waals surface area contributed by atoms with Crippen LogP contribution in [0, 0.1) is 11.8 Å². The van der Waals surface area contributed by atoms with Gasteiger partial charge in [0, 0.05) is 0 Å². The topological polar surface area (TPSA) is 40.5 Å². The molecule has 0 radical (unpaired) electrons. The summed E-state index contributed by atoms with van der Waals surface area (Å²) in [5.74, 6) is 5.01. The van der Waals surface area contributed by atoms with Crippen molar-refractivity contribution in [2.75, 3.05) is 13.6 Å². The third-order valence-electron chi connectivity index (χ3n) is 3.05. The lowest BCUT2D eigenvalue weighted by Crippen LogP contribution is -2.50. The molecule has 1 aliphatic carbocycles. The van der Waals surface area contributed by atoms with Crippen molar-refractivity contribution in [3.8, 4) is 11.8 Å². The van der Waals surface area contributed by atoms with Crippen LogP contribution in [0.3, 0.4) is 0 Å². The van der Waals surface area contributed by atoms with Crippen LogP contribution in [0.15, 0.2) is 0 Å². The fourth-order valence-electron chi connectivity index (χ4n) is 2.07. The summed E-state index contributed by atoms with van der Waals surface area (Å²) in [7, 11) is 1.85. The molecule has 3 heteroatoms. The molecule has 0 aromatic carbocycles. The average Bonchev–Trinajstić information content (AvgIpc) is 2.63. The molecule has 0 aliphatic heterocycles. The SMILES string of the molecule is CC#CCN(C)C1(C(=O)O)CCCC1. The van der Waals surface area contributed by atoms with E-state index in [4.69, 9.17) is 0 Å². The largest absolute Gasteiger partial charge is 0.480 e. The highest BCUT2D eigenvalue weighted by Crippen LogP contribution is 2.34. The van der Waals surface area contributed by atoms with Crippen LogP contribution in [0.4, 0.5) is 0 Å². The number of likely N-dealkylation sites (N-methyl/N-ethyl adjacent to an activating group) is 1. The molecular formula is C11H17NO2. The first-order chi connectivity index (χ1) is 6.63. The van der Waals surface area contributed by atoms with Crippen molar-refractivity contribution in [3.05, 3.63) is 0 Å². The zero-order chi connectivity index (χ0) is 10.6. The van der Waals surface area contributed by atoms with E-state index >= 15 is 0 Å². The van der Waals surface area contributed by atoms with Crippen molar-refractivity contribution < 1.29 is 9.90 Å². The summed E-state index contributed by atoms with van der Waals surface area (Å²) in [6, 6.07) is 0. The molecule has 1 N–H and O–H groups in total. The van der Waals surface area contributed by atoms with Crippen molar-refractivity contribution in [1.29, 1.82) is 0 Å². The molecule has 0 saturated heterocycles. The van der Waals surface area contributed by atoms with Gasteiger partial charge in [0.05, 0.1) is 6.54 Å². The van der Waals surface area contributed by atoms with Crippen molar-refractivity contribution in [3.63, 3.8) is 0 Å². The molecule has 78 valence electrons. The number of carboxylic acids is 1. The second-order valence-electron chi connectivity index (χ2n) is 3.83. The van der Waals surface area contributed by atoms with Crippen molar-refractivity contribution in [1.82, 2.24) is 4.90 Å². The quantitative estimate of drug-likeness (QED) is 0.691. The Labute approximate surface area is 85.1 Å². The lowest BCUT2D eigenvalue weighted by Gasteiger charge is -2.33. The molecule has 0 unspecified atom stereocenters. The van der Waals surface area contributed by atoms with Gasteiger partial charge in [-0.1, -0.05) is 18.8 Å². The molecule has 14 heavy (non-hydrogen) atoms. The first kappa shape index (κ1) is 11.1. The Kier molecular flexibility index (Phi) is 3.54. The van der Waals surface area contributed by atoms with E-state index in [9.17, 15) is 9.90 Å². The van der Waals surface area contributed by atoms with E-state index in [0.717, 1.165) is 25.7 Å². The van der Waals surface area contributed by atoms with Crippen molar-refractivity contribution in [2.24, 2.45) is 0 Å². The smallest absolute Gasteiger partial charge is 0.324 e. The number of aliphatic carboxylic acids is 1. The Bertz CT molecular complexity index is 269. The lowest BCUT2D eigenvalue weighted by atomic mass is 9.96. The van der Waals surface area contributed by atoms with Crippen LogP contribution in [0.25, 0.3) is 0 Å². The van der Waals surface area contributed by atoms with Crippen molar-refractivity contribution >= 4 is 5.97 Å². The Morgan fingerprint density at radius 2 is 2.07 bits per heavy atom. The summed E-state index contributed by atoms with van der Waals surface area (Å²) < 4.78 is 0. The molecule has 1 saturated carbocycles. The maximum Gasteiger partial charge on any atom is 0.324 e. The van der Waals surface area contributed by atoms with Gasteiger partial charge in [0.2, 0.25) is 0 Å². The highest BCUT2D eigenvalue weighted by molar-refractivity contribution is 5.79. The van der Waals surface area contributed by atoms with E-state index in [1.54, 1.807) is 6.92 Å². The summed E-state index contributed by atoms with van der Waals surface area (Å²) in [6.45, 7) is 2.32. The number of carbonyl (C=O) groups is 1. The van der Waals surface area contributed by atoms with Crippen molar-refractivity contribution in [2.45, 2.75) is 38.1 Å². The van der Waals surface area contributed by atoms with Crippen LogP contribution < -0.4 is 0 Å². The van der Waals surface area contributed by atoms with E-state index in [2.05, 4.69) is 11.8 Å². The predicted molar refractivity (Wildman–Crippen MR) is 54.9 cm³/mol. The molecule has 0 bridgehead atoms. The third-order valence-corrected chi connectivity index (χ3v) is 3.05. The first-order valence-electron chi connectivity index (χ1n) is 4.98. The van der Waals surface area contributed by atoms with E-state index in [-0.39, 0.29) is 0 Å². The molecule has 1 fully saturated rings. The van der Waals surface area contributed by atoms with E-state index in [0.29, 0.717) is 6.54 Å². The van der Waals surface area contributed by atoms with E-state index in [1.165, 1.54) is 0 Å². The molecule has 0 atom stereocenters. The summed E-state index contributed by atoms with van der Waals surface area (Å²) in [5, 5.41) is 9.24. The standard InChI is InChI=1S/C11H17NO2/c1-3-4-9-12(2)11(10(13)14)7-5-6-8-11/h5-9H2,1-2H3,(H,13,14). The molecule has 1 aliphatic rings. The Morgan fingerprint density at radius 1 is 1.50 bits per heavy atom. The normalized spacial score (nSPS) is 19.1. The maximum absolute atomic E-state index is 11.2. The van der Waals surface area contributed by atoms with Gasteiger partial charge in [0.25, 0.3) is 0 Å². The van der Waals surface area contributed by atoms with Crippen LogP contribution in [0.1, 0.15) is 32.6 Å². The van der Waals surface area contributed by atoms with Gasteiger partial charge in [-0.05, 0) is 26.8 Å². The van der Waals surface area contributed by atoms with Gasteiger partial charge in [0.1, 0.15) is 5.54 Å². The molecule has 0 aromatic heterocycles. The lowest BCUT2D eigenvalue weighted by molar-refractivity contribution is -0.150. The molecule has 0 aromatic rings. The van der Waals surface area contributed by atoms with E-state index in [1.807, 2.05) is 11.9 Å². The summed E-state index contributed by atoms with van der Waals surface area (Å²) in [4.78, 5) is 13.1. The molecule has 0 amide bonds. The van der Waals surface area contributed by atoms with Gasteiger partial charge in [0.15, 0.2) is 0 Å². The van der Waals surface area contributed by atoms with Crippen LogP contribution in [-0.4, -0.2) is 35.1 Å². The third kappa shape index (κ3) is 1.91. The Morgan fingerprint density at radius 3 is 2.50 bits per heavy atom. The minimum atomic E-state index is -0.699. The Balaban J connectivity index is 2.75. The molecule has 0 heterocycles. The fourth-order valence-corrected chi connectivity index (χ4v) is 2.07. The average molecular weight is 195 g/mol. The summed E-state index contributed by atoms with van der Waals surface area (Å²) >= 11 is 0. The van der Waals surface area contributed by atoms with E-state index < -0.39 is 11.5 Å². The van der Waals surface area contributed by atoms with Crippen LogP contribution >= 0.6 is 0 Å². The molecule has 3 nitrogen and oxygen atoms in total. The van der Waals surface area contributed by atoms with Gasteiger partial charge < -0.3 is 5.11 Å². The van der Waals surface area contributed by atoms with Crippen LogP contribution in [0.2, 0.25) is 0 Å². The molecule has 0 spiro atoms. The zero-order valence-corrected chi connectivity index (χ0v) is 8.84. The fraction of sp³-hybridized carbons (Fsp3) is 0.727. The van der Waals surface area contributed by atoms with Gasteiger partial charge in [-0.3, -0.25) is 9.69 Å². The predicted octanol–water partition coefficient (Wildman–Crippen LogP) is 1.34. The highest BCUT2D eigenvalue weighted by Gasteiger charge is 2.44. The number of carboxylic acid groups (broad SMARTS) is 1. The van der Waals surface area contributed by atoms with Crippen LogP contribution in [-0.2, 0) is 4.79 Å². The monoisotopic (exact) mass is 195 g/mol. The number of hydrogen-bond donors (Lipinski definition) is 1. The summed E-state index contributed by atoms with van der Waals surface area (Å²) in [6.07, 6.45) is 3.53. The van der Waals surface area contributed by atoms with Gasteiger partial charge >= 0.3 is 5.97 Å². The number of nitrogens with zero attached hydrogens (tertiary/aromatic N) is 1. The zero-order valence-electron chi connectivity index (χ0n) is 8.84. The van der Waals surface area contributed by atoms with Gasteiger partial charge in [-0.15, -0.1) is 5.92 Å². The minimum Gasteiger partial charge on any atom is -0.480 e. The molecular weight excluding hydrogens is 178 g/mol. The minimum absolute atomic E-state index is 0.544. The number of rotatable bonds is 3. The second-order valence-corrected chi connectivity index (χ2v) is 3.83. The first-order valence-corrected chi connectivity index (χ1v) is 4.98. The Hall–Kier alpha value is -1.01. The van der Waals surface area contributed by atoms with Gasteiger partial charge in [-0.25, -0.2) is 0 Å². The maximum atomic E-state index is 11.2. The molecule has 1 rings (SSSR count).